The molecular formula is C16H18N2O2S. The molecule has 1 fully saturated rings. The van der Waals surface area contributed by atoms with Gasteiger partial charge in [-0.25, -0.2) is 4.79 Å². The minimum Gasteiger partial charge on any atom is -0.477 e. The van der Waals surface area contributed by atoms with Crippen LogP contribution < -0.4 is 4.90 Å². The fourth-order valence-corrected chi connectivity index (χ4v) is 3.48. The summed E-state index contributed by atoms with van der Waals surface area (Å²) in [6, 6.07) is 14.1. The standard InChI is InChI=1S/C16H18N2O2S/c19-16(20)14-6-7-15(21-14)18-10-8-17(9-11-18)12-13-4-2-1-3-5-13/h1-7H,8-12H2,(H,19,20). The van der Waals surface area contributed by atoms with Crippen molar-refractivity contribution in [1.29, 1.82) is 0 Å². The van der Waals surface area contributed by atoms with E-state index >= 15 is 0 Å². The molecule has 0 saturated carbocycles. The highest BCUT2D eigenvalue weighted by Gasteiger charge is 2.19. The summed E-state index contributed by atoms with van der Waals surface area (Å²) in [5.41, 5.74) is 1.34. The lowest BCUT2D eigenvalue weighted by atomic mass is 10.2. The molecule has 2 aromatic rings. The van der Waals surface area contributed by atoms with Gasteiger partial charge < -0.3 is 10.0 Å². The second-order valence-electron chi connectivity index (χ2n) is 5.19. The monoisotopic (exact) mass is 302 g/mol. The van der Waals surface area contributed by atoms with Crippen molar-refractivity contribution in [2.75, 3.05) is 31.1 Å². The molecule has 0 unspecified atom stereocenters. The first-order valence-electron chi connectivity index (χ1n) is 7.07. The highest BCUT2D eigenvalue weighted by molar-refractivity contribution is 7.17. The van der Waals surface area contributed by atoms with Crippen LogP contribution in [0.5, 0.6) is 0 Å². The highest BCUT2D eigenvalue weighted by atomic mass is 32.1. The van der Waals surface area contributed by atoms with Gasteiger partial charge >= 0.3 is 5.97 Å². The molecule has 1 saturated heterocycles. The maximum Gasteiger partial charge on any atom is 0.345 e. The Hall–Kier alpha value is -1.85. The summed E-state index contributed by atoms with van der Waals surface area (Å²) >= 11 is 1.36. The molecule has 21 heavy (non-hydrogen) atoms. The van der Waals surface area contributed by atoms with Crippen molar-refractivity contribution in [2.24, 2.45) is 0 Å². The number of piperazine rings is 1. The molecular weight excluding hydrogens is 284 g/mol. The van der Waals surface area contributed by atoms with E-state index in [2.05, 4.69) is 34.1 Å². The third-order valence-electron chi connectivity index (χ3n) is 3.74. The molecule has 0 amide bonds. The number of carboxylic acids is 1. The maximum absolute atomic E-state index is 10.9. The van der Waals surface area contributed by atoms with Crippen LogP contribution in [0, 0.1) is 0 Å². The highest BCUT2D eigenvalue weighted by Crippen LogP contribution is 2.27. The van der Waals surface area contributed by atoms with E-state index < -0.39 is 5.97 Å². The van der Waals surface area contributed by atoms with Crippen molar-refractivity contribution in [1.82, 2.24) is 4.90 Å². The number of anilines is 1. The van der Waals surface area contributed by atoms with Crippen LogP contribution in [0.4, 0.5) is 5.00 Å². The van der Waals surface area contributed by atoms with E-state index in [0.29, 0.717) is 4.88 Å². The summed E-state index contributed by atoms with van der Waals surface area (Å²) in [5, 5.41) is 10.0. The lowest BCUT2D eigenvalue weighted by Gasteiger charge is -2.35. The van der Waals surface area contributed by atoms with Crippen molar-refractivity contribution in [3.63, 3.8) is 0 Å². The molecule has 0 radical (unpaired) electrons. The van der Waals surface area contributed by atoms with Crippen molar-refractivity contribution in [3.8, 4) is 0 Å². The number of aromatic carboxylic acids is 1. The normalized spacial score (nSPS) is 16.1. The number of nitrogens with zero attached hydrogens (tertiary/aromatic N) is 2. The molecule has 1 aromatic carbocycles. The van der Waals surface area contributed by atoms with E-state index in [1.54, 1.807) is 6.07 Å². The maximum atomic E-state index is 10.9. The van der Waals surface area contributed by atoms with Crippen molar-refractivity contribution in [3.05, 3.63) is 52.9 Å². The first-order valence-corrected chi connectivity index (χ1v) is 7.88. The van der Waals surface area contributed by atoms with Gasteiger partial charge in [-0.1, -0.05) is 30.3 Å². The zero-order valence-electron chi connectivity index (χ0n) is 11.7. The second-order valence-corrected chi connectivity index (χ2v) is 6.25. The molecule has 4 nitrogen and oxygen atoms in total. The molecule has 1 aromatic heterocycles. The zero-order chi connectivity index (χ0) is 14.7. The topological polar surface area (TPSA) is 43.8 Å². The molecule has 1 N–H and O–H groups in total. The van der Waals surface area contributed by atoms with Gasteiger partial charge in [0.1, 0.15) is 4.88 Å². The van der Waals surface area contributed by atoms with E-state index in [4.69, 9.17) is 5.11 Å². The van der Waals surface area contributed by atoms with Crippen LogP contribution >= 0.6 is 11.3 Å². The molecule has 0 atom stereocenters. The van der Waals surface area contributed by atoms with Crippen molar-refractivity contribution >= 4 is 22.3 Å². The molecule has 3 rings (SSSR count). The minimum absolute atomic E-state index is 0.414. The fourth-order valence-electron chi connectivity index (χ4n) is 2.58. The summed E-state index contributed by atoms with van der Waals surface area (Å²) in [5.74, 6) is -0.839. The van der Waals surface area contributed by atoms with Gasteiger partial charge in [-0.05, 0) is 17.7 Å². The summed E-state index contributed by atoms with van der Waals surface area (Å²) in [7, 11) is 0. The molecule has 0 spiro atoms. The van der Waals surface area contributed by atoms with Gasteiger partial charge in [0, 0.05) is 32.7 Å². The Labute approximate surface area is 128 Å². The van der Waals surface area contributed by atoms with Crippen LogP contribution in [0.2, 0.25) is 0 Å². The first-order chi connectivity index (χ1) is 10.2. The summed E-state index contributed by atoms with van der Waals surface area (Å²) in [6.45, 7) is 4.91. The van der Waals surface area contributed by atoms with Crippen molar-refractivity contribution in [2.45, 2.75) is 6.54 Å². The van der Waals surface area contributed by atoms with Gasteiger partial charge in [-0.15, -0.1) is 11.3 Å². The van der Waals surface area contributed by atoms with Crippen molar-refractivity contribution < 1.29 is 9.90 Å². The fraction of sp³-hybridized carbons (Fsp3) is 0.312. The van der Waals surface area contributed by atoms with Gasteiger partial charge in [0.15, 0.2) is 0 Å². The Kier molecular flexibility index (Phi) is 4.22. The Morgan fingerprint density at radius 1 is 1.05 bits per heavy atom. The average molecular weight is 302 g/mol. The van der Waals surface area contributed by atoms with Crippen LogP contribution in [0.15, 0.2) is 42.5 Å². The number of carboxylic acid groups (broad SMARTS) is 1. The molecule has 0 aliphatic carbocycles. The van der Waals surface area contributed by atoms with Gasteiger partial charge in [0.2, 0.25) is 0 Å². The number of hydrogen-bond acceptors (Lipinski definition) is 4. The Morgan fingerprint density at radius 3 is 2.38 bits per heavy atom. The number of rotatable bonds is 4. The minimum atomic E-state index is -0.839. The Morgan fingerprint density at radius 2 is 1.76 bits per heavy atom. The van der Waals surface area contributed by atoms with E-state index in [1.807, 2.05) is 12.1 Å². The smallest absolute Gasteiger partial charge is 0.345 e. The molecule has 1 aliphatic rings. The van der Waals surface area contributed by atoms with Crippen LogP contribution in [0.25, 0.3) is 0 Å². The number of thiophene rings is 1. The SMILES string of the molecule is O=C(O)c1ccc(N2CCN(Cc3ccccc3)CC2)s1. The number of hydrogen-bond donors (Lipinski definition) is 1. The predicted octanol–water partition coefficient (Wildman–Crippen LogP) is 2.77. The molecule has 2 heterocycles. The van der Waals surface area contributed by atoms with Crippen LogP contribution in [-0.4, -0.2) is 42.2 Å². The lowest BCUT2D eigenvalue weighted by Crippen LogP contribution is -2.45. The molecule has 0 bridgehead atoms. The van der Waals surface area contributed by atoms with Crippen LogP contribution in [0.1, 0.15) is 15.2 Å². The van der Waals surface area contributed by atoms with Gasteiger partial charge in [-0.2, -0.15) is 0 Å². The van der Waals surface area contributed by atoms with E-state index in [-0.39, 0.29) is 0 Å². The third kappa shape index (κ3) is 3.43. The summed E-state index contributed by atoms with van der Waals surface area (Å²) < 4.78 is 0. The van der Waals surface area contributed by atoms with Gasteiger partial charge in [0.05, 0.1) is 5.00 Å². The largest absolute Gasteiger partial charge is 0.477 e. The quantitative estimate of drug-likeness (QED) is 0.943. The van der Waals surface area contributed by atoms with E-state index in [9.17, 15) is 4.79 Å². The Balaban J connectivity index is 1.56. The third-order valence-corrected chi connectivity index (χ3v) is 4.87. The lowest BCUT2D eigenvalue weighted by molar-refractivity contribution is 0.0702. The number of benzene rings is 1. The first kappa shape index (κ1) is 14.1. The van der Waals surface area contributed by atoms with Gasteiger partial charge in [-0.3, -0.25) is 4.90 Å². The molecule has 110 valence electrons. The van der Waals surface area contributed by atoms with Gasteiger partial charge in [0.25, 0.3) is 0 Å². The number of carbonyl (C=O) groups is 1. The molecule has 5 heteroatoms. The molecule has 1 aliphatic heterocycles. The second kappa shape index (κ2) is 6.28. The average Bonchev–Trinajstić information content (AvgIpc) is 2.99. The predicted molar refractivity (Wildman–Crippen MR) is 85.2 cm³/mol. The van der Waals surface area contributed by atoms with E-state index in [0.717, 1.165) is 37.7 Å². The Bertz CT molecular complexity index is 604. The zero-order valence-corrected chi connectivity index (χ0v) is 12.6. The summed E-state index contributed by atoms with van der Waals surface area (Å²) in [6.07, 6.45) is 0. The van der Waals surface area contributed by atoms with Crippen LogP contribution in [0.3, 0.4) is 0 Å². The summed E-state index contributed by atoms with van der Waals surface area (Å²) in [4.78, 5) is 16.1. The van der Waals surface area contributed by atoms with Crippen LogP contribution in [-0.2, 0) is 6.54 Å². The van der Waals surface area contributed by atoms with E-state index in [1.165, 1.54) is 16.9 Å².